The second-order valence-electron chi connectivity index (χ2n) is 6.92. The van der Waals surface area contributed by atoms with Crippen molar-refractivity contribution >= 4 is 21.8 Å². The number of hydrogen-bond donors (Lipinski definition) is 1. The van der Waals surface area contributed by atoms with Gasteiger partial charge >= 0.3 is 0 Å². The normalized spacial score (nSPS) is 17.0. The Kier molecular flexibility index (Phi) is 7.31. The number of benzene rings is 1. The van der Waals surface area contributed by atoms with Crippen LogP contribution in [-0.4, -0.2) is 57.5 Å². The maximum Gasteiger partial charge on any atom is 0.279 e. The van der Waals surface area contributed by atoms with Crippen molar-refractivity contribution in [2.75, 3.05) is 39.9 Å². The maximum absolute atomic E-state index is 14.0. The van der Waals surface area contributed by atoms with Gasteiger partial charge in [-0.3, -0.25) is 4.90 Å². The molecule has 29 heavy (non-hydrogen) atoms. The Morgan fingerprint density at radius 3 is 2.62 bits per heavy atom. The lowest BCUT2D eigenvalue weighted by Gasteiger charge is -2.33. The minimum absolute atomic E-state index is 0.116. The van der Waals surface area contributed by atoms with Crippen LogP contribution in [0, 0.1) is 12.7 Å². The summed E-state index contributed by atoms with van der Waals surface area (Å²) in [6.45, 7) is 4.28. The molecule has 2 aromatic rings. The molecule has 1 aromatic carbocycles. The third-order valence-corrected chi connectivity index (χ3v) is 6.72. The highest BCUT2D eigenvalue weighted by molar-refractivity contribution is 7.87. The molecule has 0 amide bonds. The van der Waals surface area contributed by atoms with Gasteiger partial charge in [-0.05, 0) is 31.2 Å². The van der Waals surface area contributed by atoms with Crippen molar-refractivity contribution in [3.05, 3.63) is 58.3 Å². The number of aryl methyl sites for hydroxylation is 1. The molecule has 1 unspecified atom stereocenters. The predicted octanol–water partition coefficient (Wildman–Crippen LogP) is 2.72. The van der Waals surface area contributed by atoms with Crippen LogP contribution < -0.4 is 4.72 Å². The van der Waals surface area contributed by atoms with E-state index in [1.165, 1.54) is 25.2 Å². The first-order chi connectivity index (χ1) is 13.8. The van der Waals surface area contributed by atoms with Crippen molar-refractivity contribution in [2.45, 2.75) is 19.5 Å². The minimum atomic E-state index is -3.87. The number of halogens is 2. The molecule has 0 bridgehead atoms. The largest absolute Gasteiger partial charge is 0.465 e. The number of rotatable bonds is 8. The Labute approximate surface area is 175 Å². The number of nitrogens with one attached hydrogen (secondary N) is 1. The zero-order chi connectivity index (χ0) is 21.0. The molecule has 160 valence electrons. The van der Waals surface area contributed by atoms with Gasteiger partial charge in [0.05, 0.1) is 19.3 Å². The molecule has 2 heterocycles. The first-order valence-electron chi connectivity index (χ1n) is 9.30. The molecule has 1 N–H and O–H groups in total. The molecule has 10 heteroatoms. The number of nitrogens with zero attached hydrogens (tertiary/aromatic N) is 2. The van der Waals surface area contributed by atoms with Crippen molar-refractivity contribution < 1.29 is 22.0 Å². The fraction of sp³-hybridized carbons (Fsp3) is 0.474. The van der Waals surface area contributed by atoms with Crippen molar-refractivity contribution in [3.8, 4) is 0 Å². The molecule has 0 aliphatic carbocycles. The highest BCUT2D eigenvalue weighted by Crippen LogP contribution is 2.24. The number of furan rings is 1. The molecular formula is C19H25ClFN3O4S. The average molecular weight is 446 g/mol. The van der Waals surface area contributed by atoms with Crippen LogP contribution in [0.1, 0.15) is 23.1 Å². The van der Waals surface area contributed by atoms with Gasteiger partial charge in [-0.15, -0.1) is 0 Å². The highest BCUT2D eigenvalue weighted by atomic mass is 35.5. The van der Waals surface area contributed by atoms with E-state index in [9.17, 15) is 12.8 Å². The third-order valence-electron chi connectivity index (χ3n) is 4.89. The van der Waals surface area contributed by atoms with E-state index >= 15 is 0 Å². The van der Waals surface area contributed by atoms with Gasteiger partial charge in [0, 0.05) is 43.8 Å². The molecule has 1 aliphatic rings. The minimum Gasteiger partial charge on any atom is -0.465 e. The Morgan fingerprint density at radius 1 is 1.28 bits per heavy atom. The molecule has 1 aliphatic heterocycles. The van der Waals surface area contributed by atoms with Gasteiger partial charge in [-0.25, -0.2) is 9.11 Å². The van der Waals surface area contributed by atoms with Gasteiger partial charge in [0.25, 0.3) is 10.2 Å². The van der Waals surface area contributed by atoms with Gasteiger partial charge in [0.2, 0.25) is 0 Å². The monoisotopic (exact) mass is 445 g/mol. The zero-order valence-electron chi connectivity index (χ0n) is 16.4. The number of ether oxygens (including phenoxy) is 1. The molecular weight excluding hydrogens is 421 g/mol. The van der Waals surface area contributed by atoms with Crippen LogP contribution in [0.25, 0.3) is 0 Å². The van der Waals surface area contributed by atoms with Gasteiger partial charge in [0.15, 0.2) is 0 Å². The molecule has 7 nitrogen and oxygen atoms in total. The lowest BCUT2D eigenvalue weighted by molar-refractivity contribution is 0.0126. The fourth-order valence-corrected chi connectivity index (χ4v) is 4.33. The molecule has 1 aromatic heterocycles. The standard InChI is InChI=1S/C19H25ClFN3O4S/c1-14-6-7-19(28-14)18(24-8-10-27-11-9-24)12-22-29(25,26)23(2)13-15-16(20)4-3-5-17(15)21/h3-7,18,22H,8-13H2,1-2H3. The van der Waals surface area contributed by atoms with E-state index in [-0.39, 0.29) is 29.7 Å². The van der Waals surface area contributed by atoms with E-state index in [1.807, 2.05) is 19.1 Å². The Balaban J connectivity index is 1.71. The molecule has 1 fully saturated rings. The lowest BCUT2D eigenvalue weighted by Crippen LogP contribution is -2.46. The van der Waals surface area contributed by atoms with Gasteiger partial charge in [0.1, 0.15) is 17.3 Å². The van der Waals surface area contributed by atoms with E-state index in [0.29, 0.717) is 32.1 Å². The summed E-state index contributed by atoms with van der Waals surface area (Å²) in [5, 5.41) is 0.185. The molecule has 1 saturated heterocycles. The maximum atomic E-state index is 14.0. The van der Waals surface area contributed by atoms with Crippen molar-refractivity contribution in [1.82, 2.24) is 13.9 Å². The van der Waals surface area contributed by atoms with Crippen molar-refractivity contribution in [1.29, 1.82) is 0 Å². The van der Waals surface area contributed by atoms with Crippen LogP contribution in [-0.2, 0) is 21.5 Å². The smallest absolute Gasteiger partial charge is 0.279 e. The summed E-state index contributed by atoms with van der Waals surface area (Å²) in [4.78, 5) is 2.12. The quantitative estimate of drug-likeness (QED) is 0.676. The summed E-state index contributed by atoms with van der Waals surface area (Å²) >= 11 is 6.02. The predicted molar refractivity (Wildman–Crippen MR) is 108 cm³/mol. The number of morpholine rings is 1. The summed E-state index contributed by atoms with van der Waals surface area (Å²) in [7, 11) is -2.49. The van der Waals surface area contributed by atoms with Gasteiger partial charge < -0.3 is 9.15 Å². The Bertz CT molecular complexity index is 911. The first kappa shape index (κ1) is 22.2. The Hall–Kier alpha value is -1.49. The summed E-state index contributed by atoms with van der Waals surface area (Å²) in [6.07, 6.45) is 0. The third kappa shape index (κ3) is 5.56. The topological polar surface area (TPSA) is 75.0 Å². The van der Waals surface area contributed by atoms with Crippen LogP contribution in [0.2, 0.25) is 5.02 Å². The van der Waals surface area contributed by atoms with Crippen molar-refractivity contribution in [3.63, 3.8) is 0 Å². The van der Waals surface area contributed by atoms with Crippen LogP contribution in [0.15, 0.2) is 34.7 Å². The highest BCUT2D eigenvalue weighted by Gasteiger charge is 2.28. The lowest BCUT2D eigenvalue weighted by atomic mass is 10.2. The van der Waals surface area contributed by atoms with E-state index in [1.54, 1.807) is 0 Å². The average Bonchev–Trinajstić information content (AvgIpc) is 3.11. The molecule has 0 spiro atoms. The fourth-order valence-electron chi connectivity index (χ4n) is 3.22. The zero-order valence-corrected chi connectivity index (χ0v) is 18.0. The molecule has 3 rings (SSSR count). The van der Waals surface area contributed by atoms with E-state index in [0.717, 1.165) is 10.1 Å². The van der Waals surface area contributed by atoms with E-state index in [4.69, 9.17) is 20.8 Å². The van der Waals surface area contributed by atoms with Crippen LogP contribution in [0.3, 0.4) is 0 Å². The second-order valence-corrected chi connectivity index (χ2v) is 9.19. The SMILES string of the molecule is Cc1ccc(C(CNS(=O)(=O)N(C)Cc2c(F)cccc2Cl)N2CCOCC2)o1. The summed E-state index contributed by atoms with van der Waals surface area (Å²) in [5.41, 5.74) is 0.133. The summed E-state index contributed by atoms with van der Waals surface area (Å²) < 4.78 is 54.3. The van der Waals surface area contributed by atoms with Crippen LogP contribution in [0.5, 0.6) is 0 Å². The van der Waals surface area contributed by atoms with E-state index < -0.39 is 16.0 Å². The van der Waals surface area contributed by atoms with Crippen molar-refractivity contribution in [2.24, 2.45) is 0 Å². The second kappa shape index (κ2) is 9.55. The van der Waals surface area contributed by atoms with Gasteiger partial charge in [-0.1, -0.05) is 17.7 Å². The molecule has 0 radical (unpaired) electrons. The van der Waals surface area contributed by atoms with Crippen LogP contribution >= 0.6 is 11.6 Å². The first-order valence-corrected chi connectivity index (χ1v) is 11.1. The summed E-state index contributed by atoms with van der Waals surface area (Å²) in [5.74, 6) is 0.899. The summed E-state index contributed by atoms with van der Waals surface area (Å²) in [6, 6.07) is 7.69. The van der Waals surface area contributed by atoms with Gasteiger partial charge in [-0.2, -0.15) is 12.7 Å². The van der Waals surface area contributed by atoms with Crippen LogP contribution in [0.4, 0.5) is 4.39 Å². The molecule has 1 atom stereocenters. The Morgan fingerprint density at radius 2 is 2.00 bits per heavy atom. The number of hydrogen-bond acceptors (Lipinski definition) is 5. The molecule has 0 saturated carbocycles. The van der Waals surface area contributed by atoms with E-state index in [2.05, 4.69) is 9.62 Å².